The smallest absolute Gasteiger partial charge is 0.267 e. The van der Waals surface area contributed by atoms with Gasteiger partial charge in [-0.15, -0.1) is 11.3 Å². The number of likely N-dealkylation sites (N-methyl/N-ethyl adjacent to an activating group) is 1. The molecule has 0 atom stereocenters. The van der Waals surface area contributed by atoms with E-state index in [2.05, 4.69) is 30.9 Å². The van der Waals surface area contributed by atoms with Crippen LogP contribution in [0.15, 0.2) is 34.2 Å². The summed E-state index contributed by atoms with van der Waals surface area (Å²) in [4.78, 5) is 25.4. The van der Waals surface area contributed by atoms with Crippen molar-refractivity contribution in [1.29, 1.82) is 0 Å². The molecule has 3 heterocycles. The normalized spacial score (nSPS) is 14.4. The maximum absolute atomic E-state index is 13.8. The molecule has 1 aliphatic heterocycles. The van der Waals surface area contributed by atoms with Crippen LogP contribution in [0.2, 0.25) is 0 Å². The molecule has 0 saturated carbocycles. The summed E-state index contributed by atoms with van der Waals surface area (Å²) in [6.45, 7) is 2.87. The summed E-state index contributed by atoms with van der Waals surface area (Å²) in [6.07, 6.45) is 1.94. The molecule has 1 aromatic carbocycles. The minimum atomic E-state index is 0.0328. The number of hydrogen-bond donors (Lipinski definition) is 0. The lowest BCUT2D eigenvalue weighted by Gasteiger charge is -2.21. The van der Waals surface area contributed by atoms with Crippen LogP contribution >= 0.6 is 23.1 Å². The van der Waals surface area contributed by atoms with Gasteiger partial charge in [0.25, 0.3) is 5.56 Å². The fourth-order valence-electron chi connectivity index (χ4n) is 3.77. The zero-order valence-corrected chi connectivity index (χ0v) is 19.6. The molecule has 0 fully saturated rings. The van der Waals surface area contributed by atoms with E-state index in [1.54, 1.807) is 34.8 Å². The van der Waals surface area contributed by atoms with E-state index in [4.69, 9.17) is 9.72 Å². The Bertz CT molecular complexity index is 1110. The number of ether oxygens (including phenoxy) is 1. The third-order valence-corrected chi connectivity index (χ3v) is 7.46. The highest BCUT2D eigenvalue weighted by Gasteiger charge is 2.24. The monoisotopic (exact) mass is 444 g/mol. The lowest BCUT2D eigenvalue weighted by Crippen LogP contribution is -2.27. The van der Waals surface area contributed by atoms with E-state index in [9.17, 15) is 4.79 Å². The number of rotatable bonds is 7. The van der Waals surface area contributed by atoms with Crippen molar-refractivity contribution in [2.45, 2.75) is 24.5 Å². The van der Waals surface area contributed by atoms with Gasteiger partial charge in [-0.05, 0) is 58.2 Å². The molecule has 0 amide bonds. The lowest BCUT2D eigenvalue weighted by molar-refractivity contribution is 0.318. The van der Waals surface area contributed by atoms with Gasteiger partial charge in [0.05, 0.1) is 18.2 Å². The van der Waals surface area contributed by atoms with E-state index in [1.165, 1.54) is 10.4 Å². The highest BCUT2D eigenvalue weighted by molar-refractivity contribution is 7.99. The molecule has 1 aliphatic rings. The van der Waals surface area contributed by atoms with Gasteiger partial charge in [0.2, 0.25) is 0 Å². The highest BCUT2D eigenvalue weighted by atomic mass is 32.2. The Balaban J connectivity index is 1.83. The van der Waals surface area contributed by atoms with Crippen molar-refractivity contribution in [2.75, 3.05) is 47.1 Å². The summed E-state index contributed by atoms with van der Waals surface area (Å²) in [6, 6.07) is 7.68. The zero-order valence-electron chi connectivity index (χ0n) is 18.0. The molecule has 0 bridgehead atoms. The van der Waals surface area contributed by atoms with Gasteiger partial charge in [-0.3, -0.25) is 9.36 Å². The first-order valence-corrected chi connectivity index (χ1v) is 12.0. The van der Waals surface area contributed by atoms with Crippen LogP contribution in [0.5, 0.6) is 5.75 Å². The Morgan fingerprint density at radius 2 is 2.17 bits per heavy atom. The standard InChI is InChI=1S/C22H28N4O2S2/c1-24(2)10-6-12-29-22-23-20-19(17-9-11-25(3)14-18(17)30-20)21(27)26(22)15-7-5-8-16(13-15)28-4/h5,7-8,13H,6,9-12,14H2,1-4H3. The van der Waals surface area contributed by atoms with Gasteiger partial charge in [0.1, 0.15) is 10.6 Å². The predicted octanol–water partition coefficient (Wildman–Crippen LogP) is 3.49. The molecule has 0 unspecified atom stereocenters. The van der Waals surface area contributed by atoms with Gasteiger partial charge in [0, 0.05) is 29.8 Å². The Labute approximate surface area is 185 Å². The number of thiophene rings is 1. The molecule has 2 aromatic heterocycles. The number of thioether (sulfide) groups is 1. The number of benzene rings is 1. The molecular weight excluding hydrogens is 416 g/mol. The molecule has 0 N–H and O–H groups in total. The summed E-state index contributed by atoms with van der Waals surface area (Å²) in [5.41, 5.74) is 2.02. The third kappa shape index (κ3) is 4.27. The summed E-state index contributed by atoms with van der Waals surface area (Å²) < 4.78 is 7.18. The molecule has 0 aliphatic carbocycles. The van der Waals surface area contributed by atoms with Crippen LogP contribution in [0.3, 0.4) is 0 Å². The van der Waals surface area contributed by atoms with Crippen molar-refractivity contribution in [3.8, 4) is 11.4 Å². The zero-order chi connectivity index (χ0) is 21.3. The van der Waals surface area contributed by atoms with Crippen molar-refractivity contribution in [2.24, 2.45) is 0 Å². The van der Waals surface area contributed by atoms with Gasteiger partial charge in [-0.25, -0.2) is 4.98 Å². The molecule has 8 heteroatoms. The summed E-state index contributed by atoms with van der Waals surface area (Å²) in [5, 5.41) is 1.55. The topological polar surface area (TPSA) is 50.6 Å². The fraction of sp³-hybridized carbons (Fsp3) is 0.455. The molecule has 6 nitrogen and oxygen atoms in total. The summed E-state index contributed by atoms with van der Waals surface area (Å²) >= 11 is 3.33. The molecule has 160 valence electrons. The second-order valence-electron chi connectivity index (χ2n) is 7.91. The fourth-order valence-corrected chi connectivity index (χ4v) is 6.05. The van der Waals surface area contributed by atoms with Crippen LogP contribution < -0.4 is 10.3 Å². The van der Waals surface area contributed by atoms with Crippen LogP contribution in [0.25, 0.3) is 15.9 Å². The minimum absolute atomic E-state index is 0.0328. The van der Waals surface area contributed by atoms with Crippen LogP contribution in [0, 0.1) is 0 Å². The Morgan fingerprint density at radius 3 is 2.93 bits per heavy atom. The molecular formula is C22H28N4O2S2. The first-order chi connectivity index (χ1) is 14.5. The maximum atomic E-state index is 13.8. The van der Waals surface area contributed by atoms with E-state index in [0.29, 0.717) is 0 Å². The average molecular weight is 445 g/mol. The Morgan fingerprint density at radius 1 is 1.33 bits per heavy atom. The van der Waals surface area contributed by atoms with E-state index in [-0.39, 0.29) is 5.56 Å². The van der Waals surface area contributed by atoms with Gasteiger partial charge >= 0.3 is 0 Å². The van der Waals surface area contributed by atoms with Crippen LogP contribution in [-0.4, -0.2) is 66.4 Å². The highest BCUT2D eigenvalue weighted by Crippen LogP contribution is 2.34. The second kappa shape index (κ2) is 9.09. The molecule has 0 radical (unpaired) electrons. The lowest BCUT2D eigenvalue weighted by atomic mass is 10.1. The van der Waals surface area contributed by atoms with Crippen molar-refractivity contribution in [3.63, 3.8) is 0 Å². The number of methoxy groups -OCH3 is 1. The number of aromatic nitrogens is 2. The molecule has 3 aromatic rings. The summed E-state index contributed by atoms with van der Waals surface area (Å²) in [7, 11) is 7.93. The number of nitrogens with zero attached hydrogens (tertiary/aromatic N) is 4. The van der Waals surface area contributed by atoms with Crippen molar-refractivity contribution in [3.05, 3.63) is 45.1 Å². The first kappa shape index (κ1) is 21.4. The number of fused-ring (bicyclic) bond motifs is 3. The molecule has 0 saturated heterocycles. The van der Waals surface area contributed by atoms with Crippen LogP contribution in [0.4, 0.5) is 0 Å². The number of hydrogen-bond acceptors (Lipinski definition) is 7. The van der Waals surface area contributed by atoms with Gasteiger partial charge in [-0.1, -0.05) is 17.8 Å². The van der Waals surface area contributed by atoms with Crippen LogP contribution in [0.1, 0.15) is 16.9 Å². The van der Waals surface area contributed by atoms with Gasteiger partial charge in [0.15, 0.2) is 5.16 Å². The Hall–Kier alpha value is -1.87. The third-order valence-electron chi connectivity index (χ3n) is 5.33. The van der Waals surface area contributed by atoms with Gasteiger partial charge in [-0.2, -0.15) is 0 Å². The second-order valence-corrected chi connectivity index (χ2v) is 10.1. The van der Waals surface area contributed by atoms with E-state index >= 15 is 0 Å². The van der Waals surface area contributed by atoms with Crippen molar-refractivity contribution < 1.29 is 4.74 Å². The molecule has 30 heavy (non-hydrogen) atoms. The van der Waals surface area contributed by atoms with E-state index < -0.39 is 0 Å². The first-order valence-electron chi connectivity index (χ1n) is 10.2. The quantitative estimate of drug-likeness (QED) is 0.316. The molecule has 0 spiro atoms. The SMILES string of the molecule is COc1cccc(-n2c(SCCCN(C)C)nc3sc4c(c3c2=O)CCN(C)C4)c1. The minimum Gasteiger partial charge on any atom is -0.497 e. The Kier molecular flexibility index (Phi) is 6.48. The average Bonchev–Trinajstić information content (AvgIpc) is 3.08. The van der Waals surface area contributed by atoms with Crippen molar-refractivity contribution in [1.82, 2.24) is 19.4 Å². The summed E-state index contributed by atoms with van der Waals surface area (Å²) in [5.74, 6) is 1.64. The largest absolute Gasteiger partial charge is 0.497 e. The maximum Gasteiger partial charge on any atom is 0.267 e. The predicted molar refractivity (Wildman–Crippen MR) is 126 cm³/mol. The van der Waals surface area contributed by atoms with E-state index in [0.717, 1.165) is 65.0 Å². The van der Waals surface area contributed by atoms with Crippen molar-refractivity contribution >= 4 is 33.3 Å². The van der Waals surface area contributed by atoms with Crippen LogP contribution in [-0.2, 0) is 13.0 Å². The van der Waals surface area contributed by atoms with E-state index in [1.807, 2.05) is 24.3 Å². The van der Waals surface area contributed by atoms with Gasteiger partial charge < -0.3 is 14.5 Å². The molecule has 4 rings (SSSR count).